The zero-order valence-corrected chi connectivity index (χ0v) is 19.6. The number of pyridine rings is 1. The average Bonchev–Trinajstić information content (AvgIpc) is 3.48. The normalized spacial score (nSPS) is 15.8. The van der Waals surface area contributed by atoms with Gasteiger partial charge in [0.2, 0.25) is 5.91 Å². The van der Waals surface area contributed by atoms with Crippen LogP contribution in [0.15, 0.2) is 52.5 Å². The standard InChI is InChI=1S/C23H22N4O4S2/c1-30-15-8-6-14(7-9-15)25-18(28)13-32-23-26-19-17-5-2-10-24-21(17)33-20(19)22(29)27(23)12-16-4-3-11-31-16/h2,5-10,16H,3-4,11-13H2,1H3,(H,25,28). The van der Waals surface area contributed by atoms with Crippen LogP contribution in [0.4, 0.5) is 5.69 Å². The molecule has 0 spiro atoms. The van der Waals surface area contributed by atoms with Gasteiger partial charge in [-0.1, -0.05) is 11.8 Å². The fourth-order valence-electron chi connectivity index (χ4n) is 3.81. The van der Waals surface area contributed by atoms with Gasteiger partial charge in [-0.3, -0.25) is 14.2 Å². The molecule has 1 fully saturated rings. The van der Waals surface area contributed by atoms with Crippen molar-refractivity contribution in [2.75, 3.05) is 24.8 Å². The van der Waals surface area contributed by atoms with Crippen molar-refractivity contribution in [2.24, 2.45) is 0 Å². The summed E-state index contributed by atoms with van der Waals surface area (Å²) in [5.41, 5.74) is 1.20. The van der Waals surface area contributed by atoms with Crippen molar-refractivity contribution in [3.63, 3.8) is 0 Å². The molecule has 1 atom stereocenters. The van der Waals surface area contributed by atoms with Crippen molar-refractivity contribution in [3.8, 4) is 5.75 Å². The molecule has 1 aliphatic rings. The summed E-state index contributed by atoms with van der Waals surface area (Å²) in [4.78, 5) is 36.0. The van der Waals surface area contributed by atoms with E-state index in [-0.39, 0.29) is 23.3 Å². The van der Waals surface area contributed by atoms with E-state index in [4.69, 9.17) is 14.5 Å². The molecule has 4 heterocycles. The number of benzene rings is 1. The number of carbonyl (C=O) groups is 1. The number of anilines is 1. The maximum atomic E-state index is 13.4. The Labute approximate surface area is 197 Å². The van der Waals surface area contributed by atoms with Crippen LogP contribution in [0, 0.1) is 0 Å². The average molecular weight is 483 g/mol. The second-order valence-corrected chi connectivity index (χ2v) is 9.59. The van der Waals surface area contributed by atoms with Crippen LogP contribution in [0.25, 0.3) is 20.4 Å². The topological polar surface area (TPSA) is 95.3 Å². The second-order valence-electron chi connectivity index (χ2n) is 7.65. The summed E-state index contributed by atoms with van der Waals surface area (Å²) in [6.45, 7) is 1.13. The molecule has 1 N–H and O–H groups in total. The molecule has 8 nitrogen and oxygen atoms in total. The Kier molecular flexibility index (Phi) is 6.30. The zero-order chi connectivity index (χ0) is 22.8. The largest absolute Gasteiger partial charge is 0.497 e. The van der Waals surface area contributed by atoms with E-state index in [1.807, 2.05) is 12.1 Å². The van der Waals surface area contributed by atoms with Crippen molar-refractivity contribution < 1.29 is 14.3 Å². The molecule has 0 bridgehead atoms. The Morgan fingerprint density at radius 3 is 2.94 bits per heavy atom. The molecular weight excluding hydrogens is 460 g/mol. The highest BCUT2D eigenvalue weighted by Gasteiger charge is 2.22. The monoisotopic (exact) mass is 482 g/mol. The van der Waals surface area contributed by atoms with Gasteiger partial charge in [-0.15, -0.1) is 11.3 Å². The number of fused-ring (bicyclic) bond motifs is 3. The number of amides is 1. The van der Waals surface area contributed by atoms with Gasteiger partial charge >= 0.3 is 0 Å². The number of nitrogens with one attached hydrogen (secondary N) is 1. The quantitative estimate of drug-likeness (QED) is 0.315. The molecule has 10 heteroatoms. The molecule has 33 heavy (non-hydrogen) atoms. The number of methoxy groups -OCH3 is 1. The summed E-state index contributed by atoms with van der Waals surface area (Å²) in [6, 6.07) is 10.9. The zero-order valence-electron chi connectivity index (χ0n) is 17.9. The van der Waals surface area contributed by atoms with Crippen LogP contribution in [-0.2, 0) is 16.1 Å². The minimum Gasteiger partial charge on any atom is -0.497 e. The van der Waals surface area contributed by atoms with Crippen LogP contribution >= 0.6 is 23.1 Å². The van der Waals surface area contributed by atoms with E-state index < -0.39 is 0 Å². The van der Waals surface area contributed by atoms with E-state index >= 15 is 0 Å². The van der Waals surface area contributed by atoms with E-state index in [0.717, 1.165) is 28.8 Å². The van der Waals surface area contributed by atoms with Gasteiger partial charge < -0.3 is 14.8 Å². The number of carbonyl (C=O) groups excluding carboxylic acids is 1. The molecule has 3 aromatic heterocycles. The summed E-state index contributed by atoms with van der Waals surface area (Å²) in [6.07, 6.45) is 3.57. The number of nitrogens with zero attached hydrogens (tertiary/aromatic N) is 3. The first-order valence-corrected chi connectivity index (χ1v) is 12.4. The predicted octanol–water partition coefficient (Wildman–Crippen LogP) is 3.92. The number of hydrogen-bond acceptors (Lipinski definition) is 8. The van der Waals surface area contributed by atoms with Gasteiger partial charge in [0.1, 0.15) is 15.3 Å². The van der Waals surface area contributed by atoms with Gasteiger partial charge in [0.05, 0.1) is 31.0 Å². The molecule has 5 rings (SSSR count). The third-order valence-corrected chi connectivity index (χ3v) is 7.50. The van der Waals surface area contributed by atoms with Gasteiger partial charge in [-0.05, 0) is 49.2 Å². The first-order chi connectivity index (χ1) is 16.1. The minimum atomic E-state index is -0.181. The number of hydrogen-bond donors (Lipinski definition) is 1. The smallest absolute Gasteiger partial charge is 0.272 e. The summed E-state index contributed by atoms with van der Waals surface area (Å²) in [5, 5.41) is 4.23. The van der Waals surface area contributed by atoms with Crippen molar-refractivity contribution in [1.29, 1.82) is 0 Å². The Hall–Kier alpha value is -2.95. The summed E-state index contributed by atoms with van der Waals surface area (Å²) in [7, 11) is 1.59. The van der Waals surface area contributed by atoms with E-state index in [9.17, 15) is 9.59 Å². The van der Waals surface area contributed by atoms with E-state index in [1.54, 1.807) is 42.1 Å². The molecular formula is C23H22N4O4S2. The van der Waals surface area contributed by atoms with Crippen molar-refractivity contribution in [1.82, 2.24) is 14.5 Å². The highest BCUT2D eigenvalue weighted by Crippen LogP contribution is 2.31. The number of aromatic nitrogens is 3. The van der Waals surface area contributed by atoms with Gasteiger partial charge in [-0.25, -0.2) is 9.97 Å². The van der Waals surface area contributed by atoms with Crippen LogP contribution in [0.5, 0.6) is 5.75 Å². The minimum absolute atomic E-state index is 0.0260. The first-order valence-electron chi connectivity index (χ1n) is 10.6. The van der Waals surface area contributed by atoms with Crippen LogP contribution in [-0.4, -0.2) is 46.0 Å². The fraction of sp³-hybridized carbons (Fsp3) is 0.304. The van der Waals surface area contributed by atoms with Crippen LogP contribution in [0.2, 0.25) is 0 Å². The lowest BCUT2D eigenvalue weighted by Gasteiger charge is -2.15. The van der Waals surface area contributed by atoms with E-state index in [2.05, 4.69) is 10.3 Å². The molecule has 4 aromatic rings. The lowest BCUT2D eigenvalue weighted by molar-refractivity contribution is -0.113. The van der Waals surface area contributed by atoms with Crippen LogP contribution < -0.4 is 15.6 Å². The second kappa shape index (κ2) is 9.50. The van der Waals surface area contributed by atoms with Gasteiger partial charge in [0, 0.05) is 23.9 Å². The van der Waals surface area contributed by atoms with Crippen LogP contribution in [0.1, 0.15) is 12.8 Å². The number of rotatable bonds is 7. The molecule has 1 saturated heterocycles. The van der Waals surface area contributed by atoms with Crippen molar-refractivity contribution in [3.05, 3.63) is 52.9 Å². The van der Waals surface area contributed by atoms with Gasteiger partial charge in [0.15, 0.2) is 5.16 Å². The number of thioether (sulfide) groups is 1. The highest BCUT2D eigenvalue weighted by atomic mass is 32.2. The van der Waals surface area contributed by atoms with Crippen molar-refractivity contribution >= 4 is 55.1 Å². The summed E-state index contributed by atoms with van der Waals surface area (Å²) >= 11 is 2.60. The Bertz CT molecular complexity index is 1360. The fourth-order valence-corrected chi connectivity index (χ4v) is 5.64. The van der Waals surface area contributed by atoms with Crippen LogP contribution in [0.3, 0.4) is 0 Å². The highest BCUT2D eigenvalue weighted by molar-refractivity contribution is 7.99. The number of thiophene rings is 1. The molecule has 0 aliphatic carbocycles. The first kappa shape index (κ1) is 21.9. The molecule has 1 unspecified atom stereocenters. The van der Waals surface area contributed by atoms with E-state index in [1.165, 1.54) is 23.1 Å². The van der Waals surface area contributed by atoms with E-state index in [0.29, 0.717) is 34.2 Å². The summed E-state index contributed by atoms with van der Waals surface area (Å²) < 4.78 is 13.1. The SMILES string of the molecule is COc1ccc(NC(=O)CSc2nc3c(sc4ncccc43)c(=O)n2CC2CCCO2)cc1. The number of ether oxygens (including phenoxy) is 2. The lowest BCUT2D eigenvalue weighted by Crippen LogP contribution is -2.28. The Balaban J connectivity index is 1.43. The molecule has 1 amide bonds. The third-order valence-electron chi connectivity index (χ3n) is 5.43. The van der Waals surface area contributed by atoms with Gasteiger partial charge in [-0.2, -0.15) is 0 Å². The molecule has 0 saturated carbocycles. The molecule has 1 aliphatic heterocycles. The molecule has 0 radical (unpaired) electrons. The summed E-state index contributed by atoms with van der Waals surface area (Å²) in [5.74, 6) is 0.658. The Morgan fingerprint density at radius 1 is 1.33 bits per heavy atom. The van der Waals surface area contributed by atoms with Crippen molar-refractivity contribution in [2.45, 2.75) is 30.6 Å². The van der Waals surface area contributed by atoms with Gasteiger partial charge in [0.25, 0.3) is 5.56 Å². The lowest BCUT2D eigenvalue weighted by atomic mass is 10.2. The third kappa shape index (κ3) is 4.59. The predicted molar refractivity (Wildman–Crippen MR) is 131 cm³/mol. The molecule has 170 valence electrons. The Morgan fingerprint density at radius 2 is 2.18 bits per heavy atom. The maximum Gasteiger partial charge on any atom is 0.272 e. The maximum absolute atomic E-state index is 13.4. The molecule has 1 aromatic carbocycles.